The Labute approximate surface area is 502 Å². The molecule has 82 heavy (non-hydrogen) atoms. The number of rotatable bonds is 56. The van der Waals surface area contributed by atoms with Gasteiger partial charge >= 0.3 is 19.8 Å². The maximum atomic E-state index is 12.9. The van der Waals surface area contributed by atoms with Gasteiger partial charge in [-0.1, -0.05) is 248 Å². The first-order valence-electron chi connectivity index (χ1n) is 31.9. The molecule has 0 bridgehead atoms. The van der Waals surface area contributed by atoms with Crippen LogP contribution in [0.4, 0.5) is 0 Å². The Morgan fingerprint density at radius 3 is 0.976 bits per heavy atom. The van der Waals surface area contributed by atoms with Gasteiger partial charge in [0, 0.05) is 12.8 Å². The second-order valence-electron chi connectivity index (χ2n) is 21.7. The number of carbonyl (C=O) groups is 2. The van der Waals surface area contributed by atoms with Crippen molar-refractivity contribution >= 4 is 19.8 Å². The van der Waals surface area contributed by atoms with E-state index >= 15 is 0 Å². The minimum atomic E-state index is -4.41. The Hall–Kier alpha value is -4.63. The SMILES string of the molecule is CC/C=C\C/C=C\C/C=C\C/C=C\C/C=C\C/C=C\C/C=C\C/C=C\C/C=C\CCCCCCCCCC(=O)OC(COC(=O)CCCCCCCCC/C=C\C/C=C\C/C=C\C/C=C\C/C=C\CC)COP(=O)(O)OCC[N+](C)(C)C. The average Bonchev–Trinajstić information content (AvgIpc) is 3.45. The van der Waals surface area contributed by atoms with Crippen molar-refractivity contribution in [2.45, 2.75) is 225 Å². The van der Waals surface area contributed by atoms with E-state index < -0.39 is 26.5 Å². The van der Waals surface area contributed by atoms with E-state index in [0.717, 1.165) is 141 Å². The topological polar surface area (TPSA) is 108 Å². The van der Waals surface area contributed by atoms with Crippen molar-refractivity contribution < 1.29 is 42.1 Å². The molecular formula is C72H117NO8P+. The van der Waals surface area contributed by atoms with E-state index in [4.69, 9.17) is 18.5 Å². The van der Waals surface area contributed by atoms with Crippen LogP contribution in [0.3, 0.4) is 0 Å². The molecule has 2 unspecified atom stereocenters. The maximum absolute atomic E-state index is 12.9. The Morgan fingerprint density at radius 2 is 0.659 bits per heavy atom. The van der Waals surface area contributed by atoms with Crippen LogP contribution in [0.25, 0.3) is 0 Å². The molecule has 0 rings (SSSR count). The van der Waals surface area contributed by atoms with E-state index in [1.165, 1.54) is 38.5 Å². The van der Waals surface area contributed by atoms with Crippen molar-refractivity contribution in [2.24, 2.45) is 0 Å². The second-order valence-corrected chi connectivity index (χ2v) is 23.1. The standard InChI is InChI=1S/C72H116NO8P/c1-6-8-10-12-14-16-18-20-22-24-26-28-30-31-32-33-34-35-36-37-38-39-40-41-43-45-47-49-51-53-55-57-59-61-63-65-72(75)81-70(69-80-82(76,77)79-67-66-73(3,4)5)68-78-71(74)64-62-60-58-56-54-52-50-48-46-44-42-29-27-25-23-21-19-17-15-13-11-9-7-2/h8-11,14-17,20-23,26-29,31-32,34-35,37-38,40-41,44-47,70H,6-7,12-13,18-19,24-25,30,33,36,39,42-43,48-69H2,1-5H3/p+1/b10-8-,11-9-,16-14-,17-15-,22-20-,23-21-,28-26-,29-27-,32-31-,35-34-,38-37-,41-40-,46-44-,47-45-. The van der Waals surface area contributed by atoms with Gasteiger partial charge in [0.05, 0.1) is 27.7 Å². The van der Waals surface area contributed by atoms with Crippen LogP contribution in [0, 0.1) is 0 Å². The lowest BCUT2D eigenvalue weighted by Crippen LogP contribution is -2.37. The molecular weight excluding hydrogens is 1040 g/mol. The number of hydrogen-bond donors (Lipinski definition) is 1. The van der Waals surface area contributed by atoms with Crippen molar-refractivity contribution in [3.05, 3.63) is 170 Å². The highest BCUT2D eigenvalue weighted by molar-refractivity contribution is 7.47. The lowest BCUT2D eigenvalue weighted by Gasteiger charge is -2.24. The number of quaternary nitrogens is 1. The van der Waals surface area contributed by atoms with E-state index in [9.17, 15) is 19.0 Å². The third-order valence-corrected chi connectivity index (χ3v) is 13.7. The molecule has 0 amide bonds. The van der Waals surface area contributed by atoms with Crippen molar-refractivity contribution in [3.63, 3.8) is 0 Å². The van der Waals surface area contributed by atoms with Crippen LogP contribution in [0.5, 0.6) is 0 Å². The zero-order valence-corrected chi connectivity index (χ0v) is 53.3. The molecule has 0 spiro atoms. The zero-order valence-electron chi connectivity index (χ0n) is 52.4. The normalized spacial score (nSPS) is 14.4. The third-order valence-electron chi connectivity index (χ3n) is 12.7. The molecule has 0 aromatic rings. The van der Waals surface area contributed by atoms with E-state index in [-0.39, 0.29) is 32.0 Å². The van der Waals surface area contributed by atoms with Gasteiger partial charge < -0.3 is 18.9 Å². The Kier molecular flexibility index (Phi) is 57.5. The number of phosphoric acid groups is 1. The molecule has 0 aromatic heterocycles. The summed E-state index contributed by atoms with van der Waals surface area (Å²) in [7, 11) is 1.44. The monoisotopic (exact) mass is 1150 g/mol. The van der Waals surface area contributed by atoms with E-state index in [1.54, 1.807) is 0 Å². The van der Waals surface area contributed by atoms with Crippen molar-refractivity contribution in [2.75, 3.05) is 47.5 Å². The van der Waals surface area contributed by atoms with Crippen LogP contribution in [0.1, 0.15) is 219 Å². The number of ether oxygens (including phenoxy) is 2. The van der Waals surface area contributed by atoms with Gasteiger partial charge in [-0.25, -0.2) is 4.57 Å². The summed E-state index contributed by atoms with van der Waals surface area (Å²) < 4.78 is 34.6. The predicted molar refractivity (Wildman–Crippen MR) is 353 cm³/mol. The maximum Gasteiger partial charge on any atom is 0.472 e. The number of esters is 2. The second kappa shape index (κ2) is 60.9. The molecule has 462 valence electrons. The first kappa shape index (κ1) is 77.4. The zero-order chi connectivity index (χ0) is 59.8. The summed E-state index contributed by atoms with van der Waals surface area (Å²) >= 11 is 0. The third kappa shape index (κ3) is 64.5. The molecule has 2 atom stereocenters. The summed E-state index contributed by atoms with van der Waals surface area (Å²) in [5.41, 5.74) is 0. The summed E-state index contributed by atoms with van der Waals surface area (Å²) in [6.45, 7) is 4.15. The summed E-state index contributed by atoms with van der Waals surface area (Å²) in [6, 6.07) is 0. The lowest BCUT2D eigenvalue weighted by molar-refractivity contribution is -0.870. The van der Waals surface area contributed by atoms with Crippen LogP contribution in [0.15, 0.2) is 170 Å². The molecule has 0 saturated heterocycles. The van der Waals surface area contributed by atoms with Crippen LogP contribution in [-0.4, -0.2) is 74.9 Å². The molecule has 9 nitrogen and oxygen atoms in total. The average molecular weight is 1160 g/mol. The van der Waals surface area contributed by atoms with Gasteiger partial charge in [0.2, 0.25) is 0 Å². The molecule has 10 heteroatoms. The minimum Gasteiger partial charge on any atom is -0.462 e. The highest BCUT2D eigenvalue weighted by atomic mass is 31.2. The van der Waals surface area contributed by atoms with Gasteiger partial charge in [0.25, 0.3) is 0 Å². The molecule has 0 fully saturated rings. The Bertz CT molecular complexity index is 1990. The summed E-state index contributed by atoms with van der Waals surface area (Å²) in [5.74, 6) is -0.836. The van der Waals surface area contributed by atoms with Gasteiger partial charge in [0.15, 0.2) is 6.10 Å². The van der Waals surface area contributed by atoms with E-state index in [0.29, 0.717) is 23.9 Å². The molecule has 0 aliphatic rings. The van der Waals surface area contributed by atoms with Crippen LogP contribution in [-0.2, 0) is 32.7 Å². The van der Waals surface area contributed by atoms with E-state index in [1.807, 2.05) is 21.1 Å². The summed E-state index contributed by atoms with van der Waals surface area (Å²) in [5, 5.41) is 0. The largest absolute Gasteiger partial charge is 0.472 e. The number of unbranched alkanes of at least 4 members (excludes halogenated alkanes) is 14. The highest BCUT2D eigenvalue weighted by Crippen LogP contribution is 2.43. The molecule has 0 radical (unpaired) electrons. The molecule has 0 aliphatic carbocycles. The van der Waals surface area contributed by atoms with E-state index in [2.05, 4.69) is 184 Å². The molecule has 1 N–H and O–H groups in total. The highest BCUT2D eigenvalue weighted by Gasteiger charge is 2.27. The van der Waals surface area contributed by atoms with Gasteiger partial charge in [-0.05, 0) is 128 Å². The van der Waals surface area contributed by atoms with Crippen molar-refractivity contribution in [1.29, 1.82) is 0 Å². The van der Waals surface area contributed by atoms with Crippen LogP contribution < -0.4 is 0 Å². The fourth-order valence-corrected chi connectivity index (χ4v) is 8.66. The molecule has 0 heterocycles. The van der Waals surface area contributed by atoms with Crippen LogP contribution >= 0.6 is 7.82 Å². The first-order chi connectivity index (χ1) is 40.0. The number of allylic oxidation sites excluding steroid dienone is 28. The number of phosphoric ester groups is 1. The van der Waals surface area contributed by atoms with Crippen molar-refractivity contribution in [3.8, 4) is 0 Å². The predicted octanol–water partition coefficient (Wildman–Crippen LogP) is 20.6. The summed E-state index contributed by atoms with van der Waals surface area (Å²) in [6.07, 6.45) is 92.8. The van der Waals surface area contributed by atoms with Gasteiger partial charge in [-0.3, -0.25) is 18.6 Å². The molecule has 0 aromatic carbocycles. The number of hydrogen-bond acceptors (Lipinski definition) is 7. The molecule has 0 saturated carbocycles. The first-order valence-corrected chi connectivity index (χ1v) is 33.4. The smallest absolute Gasteiger partial charge is 0.462 e. The fraction of sp³-hybridized carbons (Fsp3) is 0.583. The quantitative estimate of drug-likeness (QED) is 0.0211. The van der Waals surface area contributed by atoms with Gasteiger partial charge in [-0.15, -0.1) is 0 Å². The fourth-order valence-electron chi connectivity index (χ4n) is 7.92. The lowest BCUT2D eigenvalue weighted by atomic mass is 10.1. The number of likely N-dealkylation sites (N-methyl/N-ethyl adjacent to an activating group) is 1. The Balaban J connectivity index is 4.22. The van der Waals surface area contributed by atoms with Crippen molar-refractivity contribution in [1.82, 2.24) is 0 Å². The minimum absolute atomic E-state index is 0.0173. The summed E-state index contributed by atoms with van der Waals surface area (Å²) in [4.78, 5) is 35.8. The Morgan fingerprint density at radius 1 is 0.378 bits per heavy atom. The molecule has 0 aliphatic heterocycles. The number of nitrogens with zero attached hydrogens (tertiary/aromatic N) is 1. The van der Waals surface area contributed by atoms with Gasteiger partial charge in [-0.2, -0.15) is 0 Å². The van der Waals surface area contributed by atoms with Gasteiger partial charge in [0.1, 0.15) is 19.8 Å². The van der Waals surface area contributed by atoms with Crippen LogP contribution in [0.2, 0.25) is 0 Å². The number of carbonyl (C=O) groups excluding carboxylic acids is 2.